The van der Waals surface area contributed by atoms with Crippen LogP contribution in [-0.4, -0.2) is 61.3 Å². The van der Waals surface area contributed by atoms with Crippen LogP contribution in [0.5, 0.6) is 17.2 Å². The monoisotopic (exact) mass is 441 g/mol. The molecule has 0 bridgehead atoms. The normalized spacial score (nSPS) is 17.6. The highest BCUT2D eigenvalue weighted by Gasteiger charge is 2.46. The molecule has 0 spiro atoms. The third-order valence-corrected chi connectivity index (χ3v) is 5.49. The molecule has 1 saturated heterocycles. The summed E-state index contributed by atoms with van der Waals surface area (Å²) in [5.41, 5.74) is 1.55. The van der Waals surface area contributed by atoms with Gasteiger partial charge < -0.3 is 29.3 Å². The summed E-state index contributed by atoms with van der Waals surface area (Å²) in [5.74, 6) is -1.04. The summed E-state index contributed by atoms with van der Waals surface area (Å²) >= 11 is 0. The van der Waals surface area contributed by atoms with Gasteiger partial charge in [0.25, 0.3) is 11.7 Å². The molecule has 3 rings (SSSR count). The van der Waals surface area contributed by atoms with Crippen molar-refractivity contribution >= 4 is 17.4 Å². The van der Waals surface area contributed by atoms with Crippen molar-refractivity contribution in [1.82, 2.24) is 4.90 Å². The van der Waals surface area contributed by atoms with E-state index in [0.29, 0.717) is 35.5 Å². The Morgan fingerprint density at radius 2 is 1.81 bits per heavy atom. The molecule has 8 heteroatoms. The molecule has 1 aliphatic rings. The zero-order valence-corrected chi connectivity index (χ0v) is 18.5. The SMILES string of the molecule is COCCCN1C(=O)C(=O)/C(=C(\O)c2ccc(OC)cc2C)C1c1ccc(OC)c(O)c1. The number of phenolic OH excluding ortho intramolecular Hbond substituents is 1. The highest BCUT2D eigenvalue weighted by molar-refractivity contribution is 6.46. The summed E-state index contributed by atoms with van der Waals surface area (Å²) in [6, 6.07) is 8.83. The number of carbonyl (C=O) groups excluding carboxylic acids is 2. The molecule has 2 N–H and O–H groups in total. The van der Waals surface area contributed by atoms with Crippen LogP contribution in [0.2, 0.25) is 0 Å². The number of amides is 1. The Balaban J connectivity index is 2.17. The Morgan fingerprint density at radius 3 is 2.41 bits per heavy atom. The molecule has 32 heavy (non-hydrogen) atoms. The molecule has 1 fully saturated rings. The van der Waals surface area contributed by atoms with Crippen LogP contribution in [0.15, 0.2) is 42.0 Å². The van der Waals surface area contributed by atoms with Crippen molar-refractivity contribution in [2.75, 3.05) is 34.5 Å². The first kappa shape index (κ1) is 23.1. The van der Waals surface area contributed by atoms with Gasteiger partial charge in [-0.25, -0.2) is 0 Å². The molecule has 1 atom stereocenters. The summed E-state index contributed by atoms with van der Waals surface area (Å²) in [5, 5.41) is 21.5. The topological polar surface area (TPSA) is 106 Å². The number of rotatable bonds is 8. The second-order valence-electron chi connectivity index (χ2n) is 7.45. The highest BCUT2D eigenvalue weighted by atomic mass is 16.5. The van der Waals surface area contributed by atoms with Crippen molar-refractivity contribution in [2.24, 2.45) is 0 Å². The number of carbonyl (C=O) groups is 2. The fraction of sp³-hybridized carbons (Fsp3) is 0.333. The van der Waals surface area contributed by atoms with Gasteiger partial charge in [-0.2, -0.15) is 0 Å². The maximum Gasteiger partial charge on any atom is 0.295 e. The van der Waals surface area contributed by atoms with E-state index in [9.17, 15) is 19.8 Å². The number of ketones is 1. The van der Waals surface area contributed by atoms with E-state index in [0.717, 1.165) is 0 Å². The fourth-order valence-corrected chi connectivity index (χ4v) is 3.89. The van der Waals surface area contributed by atoms with Gasteiger partial charge in [-0.05, 0) is 54.8 Å². The highest BCUT2D eigenvalue weighted by Crippen LogP contribution is 2.42. The van der Waals surface area contributed by atoms with Gasteiger partial charge in [0, 0.05) is 25.8 Å². The molecular weight excluding hydrogens is 414 g/mol. The lowest BCUT2D eigenvalue weighted by Crippen LogP contribution is -2.31. The van der Waals surface area contributed by atoms with Gasteiger partial charge in [0.1, 0.15) is 11.5 Å². The van der Waals surface area contributed by atoms with Crippen LogP contribution < -0.4 is 9.47 Å². The molecule has 0 radical (unpaired) electrons. The molecule has 1 heterocycles. The molecule has 1 amide bonds. The van der Waals surface area contributed by atoms with Gasteiger partial charge in [-0.1, -0.05) is 6.07 Å². The Morgan fingerprint density at radius 1 is 1.06 bits per heavy atom. The third kappa shape index (κ3) is 4.27. The van der Waals surface area contributed by atoms with Crippen molar-refractivity contribution in [1.29, 1.82) is 0 Å². The lowest BCUT2D eigenvalue weighted by Gasteiger charge is -2.25. The average molecular weight is 441 g/mol. The summed E-state index contributed by atoms with van der Waals surface area (Å²) in [4.78, 5) is 27.3. The molecule has 0 aromatic heterocycles. The Kier molecular flexibility index (Phi) is 7.05. The molecule has 1 unspecified atom stereocenters. The van der Waals surface area contributed by atoms with Gasteiger partial charge >= 0.3 is 0 Å². The van der Waals surface area contributed by atoms with E-state index in [1.807, 2.05) is 0 Å². The largest absolute Gasteiger partial charge is 0.507 e. The van der Waals surface area contributed by atoms with E-state index >= 15 is 0 Å². The number of Topliss-reactive ketones (excluding diaryl/α,β-unsaturated/α-hetero) is 1. The predicted octanol–water partition coefficient (Wildman–Crippen LogP) is 3.18. The summed E-state index contributed by atoms with van der Waals surface area (Å²) in [6.45, 7) is 2.43. The first-order chi connectivity index (χ1) is 15.3. The molecule has 170 valence electrons. The van der Waals surface area contributed by atoms with Crippen LogP contribution in [-0.2, 0) is 14.3 Å². The number of hydrogen-bond donors (Lipinski definition) is 2. The standard InChI is InChI=1S/C24H27NO7/c1-14-12-16(31-3)7-8-17(14)22(27)20-21(15-6-9-19(32-4)18(26)13-15)25(10-5-11-30-2)24(29)23(20)28/h6-9,12-13,21,26-27H,5,10-11H2,1-4H3/b22-20-. The summed E-state index contributed by atoms with van der Waals surface area (Å²) in [6.07, 6.45) is 0.504. The van der Waals surface area contributed by atoms with E-state index in [1.165, 1.54) is 25.2 Å². The minimum atomic E-state index is -0.870. The van der Waals surface area contributed by atoms with Crippen molar-refractivity contribution in [3.05, 3.63) is 58.7 Å². The van der Waals surface area contributed by atoms with Crippen LogP contribution in [0.25, 0.3) is 5.76 Å². The van der Waals surface area contributed by atoms with Crippen molar-refractivity contribution in [3.8, 4) is 17.2 Å². The minimum absolute atomic E-state index is 0.0368. The second kappa shape index (κ2) is 9.74. The molecule has 0 aliphatic carbocycles. The maximum atomic E-state index is 13.0. The number of aryl methyl sites for hydroxylation is 1. The second-order valence-corrected chi connectivity index (χ2v) is 7.45. The van der Waals surface area contributed by atoms with Crippen molar-refractivity contribution in [3.63, 3.8) is 0 Å². The summed E-state index contributed by atoms with van der Waals surface area (Å²) < 4.78 is 15.4. The Hall–Kier alpha value is -3.52. The van der Waals surface area contributed by atoms with Crippen molar-refractivity contribution < 1.29 is 34.0 Å². The lowest BCUT2D eigenvalue weighted by atomic mass is 9.93. The fourth-order valence-electron chi connectivity index (χ4n) is 3.89. The van der Waals surface area contributed by atoms with E-state index in [1.54, 1.807) is 44.4 Å². The lowest BCUT2D eigenvalue weighted by molar-refractivity contribution is -0.140. The Labute approximate surface area is 186 Å². The number of benzene rings is 2. The number of hydrogen-bond acceptors (Lipinski definition) is 7. The van der Waals surface area contributed by atoms with Crippen LogP contribution >= 0.6 is 0 Å². The van der Waals surface area contributed by atoms with Crippen LogP contribution in [0.4, 0.5) is 0 Å². The van der Waals surface area contributed by atoms with Gasteiger partial charge in [0.05, 0.1) is 25.8 Å². The molecule has 2 aromatic rings. The van der Waals surface area contributed by atoms with E-state index in [4.69, 9.17) is 14.2 Å². The smallest absolute Gasteiger partial charge is 0.295 e. The molecular formula is C24H27NO7. The molecule has 2 aromatic carbocycles. The van der Waals surface area contributed by atoms with Gasteiger partial charge in [-0.3, -0.25) is 9.59 Å². The first-order valence-corrected chi connectivity index (χ1v) is 10.1. The molecule has 1 aliphatic heterocycles. The quantitative estimate of drug-likeness (QED) is 0.281. The summed E-state index contributed by atoms with van der Waals surface area (Å²) in [7, 11) is 4.52. The van der Waals surface area contributed by atoms with Gasteiger partial charge in [-0.15, -0.1) is 0 Å². The number of aromatic hydroxyl groups is 1. The van der Waals surface area contributed by atoms with E-state index in [2.05, 4.69) is 0 Å². The van der Waals surface area contributed by atoms with Gasteiger partial charge in [0.2, 0.25) is 0 Å². The molecule has 8 nitrogen and oxygen atoms in total. The maximum absolute atomic E-state index is 13.0. The van der Waals surface area contributed by atoms with Crippen LogP contribution in [0.1, 0.15) is 29.2 Å². The van der Waals surface area contributed by atoms with E-state index in [-0.39, 0.29) is 29.4 Å². The average Bonchev–Trinajstić information content (AvgIpc) is 3.03. The minimum Gasteiger partial charge on any atom is -0.507 e. The van der Waals surface area contributed by atoms with Gasteiger partial charge in [0.15, 0.2) is 11.5 Å². The van der Waals surface area contributed by atoms with E-state index < -0.39 is 17.7 Å². The number of likely N-dealkylation sites (tertiary alicyclic amines) is 1. The number of aliphatic hydroxyl groups excluding tert-OH is 1. The van der Waals surface area contributed by atoms with Crippen molar-refractivity contribution in [2.45, 2.75) is 19.4 Å². The first-order valence-electron chi connectivity index (χ1n) is 10.1. The number of ether oxygens (including phenoxy) is 3. The Bertz CT molecular complexity index is 1060. The molecule has 0 saturated carbocycles. The van der Waals surface area contributed by atoms with Crippen LogP contribution in [0, 0.1) is 6.92 Å². The predicted molar refractivity (Wildman–Crippen MR) is 118 cm³/mol. The zero-order chi connectivity index (χ0) is 23.4. The number of methoxy groups -OCH3 is 3. The number of nitrogens with zero attached hydrogens (tertiary/aromatic N) is 1. The third-order valence-electron chi connectivity index (χ3n) is 5.49. The van der Waals surface area contributed by atoms with Crippen LogP contribution in [0.3, 0.4) is 0 Å². The zero-order valence-electron chi connectivity index (χ0n) is 18.5. The number of phenols is 1. The number of aliphatic hydroxyl groups is 1.